The maximum absolute atomic E-state index is 12.5. The molecule has 0 spiro atoms. The molecule has 1 aromatic rings. The lowest BCUT2D eigenvalue weighted by Gasteiger charge is -2.61. The van der Waals surface area contributed by atoms with Crippen molar-refractivity contribution >= 4 is 11.8 Å². The third-order valence-electron chi connectivity index (χ3n) is 10.6. The van der Waals surface area contributed by atoms with E-state index in [0.717, 1.165) is 49.1 Å². The summed E-state index contributed by atoms with van der Waals surface area (Å²) in [4.78, 5) is 26.9. The number of nitrogens with one attached hydrogen (secondary N) is 1. The first-order chi connectivity index (χ1) is 16.3. The summed E-state index contributed by atoms with van der Waals surface area (Å²) >= 11 is 0. The average Bonchev–Trinajstić information content (AvgIpc) is 3.17. The number of nitrogens with zero attached hydrogens (tertiary/aromatic N) is 1. The predicted molar refractivity (Wildman–Crippen MR) is 133 cm³/mol. The summed E-state index contributed by atoms with van der Waals surface area (Å²) in [7, 11) is 2.04. The first kappa shape index (κ1) is 23.8. The van der Waals surface area contributed by atoms with E-state index in [-0.39, 0.29) is 17.9 Å². The second-order valence-corrected chi connectivity index (χ2v) is 12.1. The van der Waals surface area contributed by atoms with Gasteiger partial charge < -0.3 is 15.0 Å². The highest BCUT2D eigenvalue weighted by molar-refractivity contribution is 5.77. The Bertz CT molecular complexity index is 904. The van der Waals surface area contributed by atoms with E-state index < -0.39 is 0 Å². The molecular formula is C29H42N2O3. The van der Waals surface area contributed by atoms with Crippen LogP contribution in [-0.2, 0) is 20.9 Å². The average molecular weight is 467 g/mol. The van der Waals surface area contributed by atoms with Gasteiger partial charge in [0.1, 0.15) is 6.61 Å². The van der Waals surface area contributed by atoms with Gasteiger partial charge >= 0.3 is 0 Å². The Morgan fingerprint density at radius 2 is 1.79 bits per heavy atom. The Kier molecular flexibility index (Phi) is 6.52. The molecule has 5 heteroatoms. The predicted octanol–water partition coefficient (Wildman–Crippen LogP) is 4.80. The number of rotatable bonds is 6. The summed E-state index contributed by atoms with van der Waals surface area (Å²) in [5.74, 6) is 3.16. The molecule has 7 atom stereocenters. The van der Waals surface area contributed by atoms with Crippen molar-refractivity contribution in [3.8, 4) is 0 Å². The molecule has 5 rings (SSSR count). The molecule has 0 unspecified atom stereocenters. The highest BCUT2D eigenvalue weighted by atomic mass is 16.5. The van der Waals surface area contributed by atoms with Gasteiger partial charge in [-0.05, 0) is 85.0 Å². The van der Waals surface area contributed by atoms with Crippen molar-refractivity contribution in [2.45, 2.75) is 77.9 Å². The Morgan fingerprint density at radius 3 is 2.59 bits per heavy atom. The van der Waals surface area contributed by atoms with Crippen molar-refractivity contribution in [2.75, 3.05) is 20.2 Å². The molecule has 1 aliphatic heterocycles. The summed E-state index contributed by atoms with van der Waals surface area (Å²) in [6.07, 6.45) is 9.24. The van der Waals surface area contributed by atoms with Crippen LogP contribution in [0.5, 0.6) is 0 Å². The number of likely N-dealkylation sites (tertiary alicyclic amines) is 1. The van der Waals surface area contributed by atoms with E-state index in [1.165, 1.54) is 32.1 Å². The Morgan fingerprint density at radius 1 is 1.03 bits per heavy atom. The fraction of sp³-hybridized carbons (Fsp3) is 0.724. The third-order valence-corrected chi connectivity index (χ3v) is 10.6. The highest BCUT2D eigenvalue weighted by Crippen LogP contribution is 2.66. The summed E-state index contributed by atoms with van der Waals surface area (Å²) in [6.45, 7) is 6.37. The second kappa shape index (κ2) is 9.29. The zero-order chi connectivity index (χ0) is 23.9. The van der Waals surface area contributed by atoms with Crippen molar-refractivity contribution < 1.29 is 14.3 Å². The second-order valence-electron chi connectivity index (χ2n) is 12.1. The van der Waals surface area contributed by atoms with Crippen molar-refractivity contribution in [3.05, 3.63) is 35.9 Å². The third kappa shape index (κ3) is 4.08. The van der Waals surface area contributed by atoms with Crippen LogP contribution in [0.4, 0.5) is 0 Å². The summed E-state index contributed by atoms with van der Waals surface area (Å²) in [6, 6.07) is 10.4. The number of fused-ring (bicyclic) bond motifs is 5. The van der Waals surface area contributed by atoms with Crippen LogP contribution in [0.1, 0.15) is 70.8 Å². The number of hydrogen-bond acceptors (Lipinski definition) is 3. The molecule has 0 aromatic heterocycles. The van der Waals surface area contributed by atoms with Crippen LogP contribution in [0.25, 0.3) is 0 Å². The molecule has 5 nitrogen and oxygen atoms in total. The molecule has 0 radical (unpaired) electrons. The minimum atomic E-state index is -0.000374. The van der Waals surface area contributed by atoms with Gasteiger partial charge in [-0.15, -0.1) is 0 Å². The molecule has 1 aromatic carbocycles. The SMILES string of the molecule is CN1C(=O)CC[C@]2(C)[C@H]3CC[C@]4(C)[C@@H](CNC(=O)COCc5ccccc5)CC[C@H]4[C@@H]3CC[C@@H]12. The summed E-state index contributed by atoms with van der Waals surface area (Å²) in [5, 5.41) is 3.20. The van der Waals surface area contributed by atoms with Crippen LogP contribution in [0.2, 0.25) is 0 Å². The molecular weight excluding hydrogens is 424 g/mol. The Labute approximate surface area is 205 Å². The van der Waals surface area contributed by atoms with Crippen LogP contribution in [0.15, 0.2) is 30.3 Å². The smallest absolute Gasteiger partial charge is 0.246 e. The van der Waals surface area contributed by atoms with E-state index in [4.69, 9.17) is 4.74 Å². The molecule has 3 aliphatic carbocycles. The van der Waals surface area contributed by atoms with E-state index in [9.17, 15) is 9.59 Å². The van der Waals surface area contributed by atoms with Crippen LogP contribution in [0, 0.1) is 34.5 Å². The number of hydrogen-bond donors (Lipinski definition) is 1. The topological polar surface area (TPSA) is 58.6 Å². The molecule has 4 aliphatic rings. The van der Waals surface area contributed by atoms with Crippen molar-refractivity contribution in [1.82, 2.24) is 10.2 Å². The van der Waals surface area contributed by atoms with E-state index in [0.29, 0.717) is 29.9 Å². The van der Waals surface area contributed by atoms with Gasteiger partial charge in [-0.3, -0.25) is 9.59 Å². The lowest BCUT2D eigenvalue weighted by atomic mass is 9.47. The number of amides is 2. The molecule has 3 saturated carbocycles. The lowest BCUT2D eigenvalue weighted by Crippen LogP contribution is -2.61. The molecule has 0 bridgehead atoms. The molecule has 1 heterocycles. The number of carbonyl (C=O) groups excluding carboxylic acids is 2. The highest BCUT2D eigenvalue weighted by Gasteiger charge is 2.60. The molecule has 34 heavy (non-hydrogen) atoms. The minimum Gasteiger partial charge on any atom is -0.367 e. The van der Waals surface area contributed by atoms with E-state index >= 15 is 0 Å². The monoisotopic (exact) mass is 466 g/mol. The first-order valence-electron chi connectivity index (χ1n) is 13.5. The normalized spacial score (nSPS) is 39.2. The van der Waals surface area contributed by atoms with Gasteiger partial charge in [0.15, 0.2) is 0 Å². The largest absolute Gasteiger partial charge is 0.367 e. The molecule has 4 fully saturated rings. The molecule has 1 saturated heterocycles. The number of benzene rings is 1. The van der Waals surface area contributed by atoms with E-state index in [1.54, 1.807) is 0 Å². The standard InChI is InChI=1S/C29H42N2O3/c1-28-15-13-24-22(10-12-25-29(24,2)16-14-27(33)31(25)3)23(28)11-9-21(28)17-30-26(32)19-34-18-20-7-5-4-6-8-20/h4-8,21-25H,9-19H2,1-3H3,(H,30,32)/t21-,22+,23+,24+,25-,28-,29-/m1/s1. The Balaban J connectivity index is 1.17. The summed E-state index contributed by atoms with van der Waals surface area (Å²) < 4.78 is 5.64. The van der Waals surface area contributed by atoms with Gasteiger partial charge in [-0.25, -0.2) is 0 Å². The quantitative estimate of drug-likeness (QED) is 0.655. The number of ether oxygens (including phenoxy) is 1. The lowest BCUT2D eigenvalue weighted by molar-refractivity contribution is -0.158. The van der Waals surface area contributed by atoms with Gasteiger partial charge in [-0.1, -0.05) is 44.2 Å². The van der Waals surface area contributed by atoms with E-state index in [2.05, 4.69) is 24.1 Å². The van der Waals surface area contributed by atoms with Crippen LogP contribution in [0.3, 0.4) is 0 Å². The molecule has 1 N–H and O–H groups in total. The number of piperidine rings is 1. The Hall–Kier alpha value is -1.88. The van der Waals surface area contributed by atoms with Crippen LogP contribution < -0.4 is 5.32 Å². The fourth-order valence-electron chi connectivity index (χ4n) is 8.72. The first-order valence-corrected chi connectivity index (χ1v) is 13.5. The van der Waals surface area contributed by atoms with Crippen LogP contribution in [-0.4, -0.2) is 43.0 Å². The fourth-order valence-corrected chi connectivity index (χ4v) is 8.72. The van der Waals surface area contributed by atoms with Crippen molar-refractivity contribution in [1.29, 1.82) is 0 Å². The maximum Gasteiger partial charge on any atom is 0.246 e. The van der Waals surface area contributed by atoms with Gasteiger partial charge in [0.25, 0.3) is 0 Å². The number of carbonyl (C=O) groups is 2. The van der Waals surface area contributed by atoms with Gasteiger partial charge in [0, 0.05) is 26.1 Å². The van der Waals surface area contributed by atoms with Gasteiger partial charge in [0.2, 0.25) is 11.8 Å². The van der Waals surface area contributed by atoms with Gasteiger partial charge in [0.05, 0.1) is 6.61 Å². The van der Waals surface area contributed by atoms with Gasteiger partial charge in [-0.2, -0.15) is 0 Å². The minimum absolute atomic E-state index is 0.000374. The zero-order valence-electron chi connectivity index (χ0n) is 21.2. The molecule has 186 valence electrons. The molecule has 2 amide bonds. The summed E-state index contributed by atoms with van der Waals surface area (Å²) in [5.41, 5.74) is 1.68. The van der Waals surface area contributed by atoms with Crippen LogP contribution >= 0.6 is 0 Å². The maximum atomic E-state index is 12.5. The van der Waals surface area contributed by atoms with Crippen molar-refractivity contribution in [3.63, 3.8) is 0 Å². The van der Waals surface area contributed by atoms with E-state index in [1.807, 2.05) is 37.4 Å². The van der Waals surface area contributed by atoms with Crippen molar-refractivity contribution in [2.24, 2.45) is 34.5 Å². The zero-order valence-corrected chi connectivity index (χ0v) is 21.2.